The second-order valence-electron chi connectivity index (χ2n) is 3.05. The number of nitro benzene ring substituents is 1. The number of carbonyl (C=O) groups is 1. The predicted molar refractivity (Wildman–Crippen MR) is 53.2 cm³/mol. The molecule has 1 aromatic rings. The van der Waals surface area contributed by atoms with E-state index in [1.165, 1.54) is 0 Å². The van der Waals surface area contributed by atoms with Gasteiger partial charge in [-0.1, -0.05) is 0 Å². The Morgan fingerprint density at radius 1 is 1.38 bits per heavy atom. The first-order valence-electron chi connectivity index (χ1n) is 3.94. The van der Waals surface area contributed by atoms with Gasteiger partial charge < -0.3 is 5.11 Å². The fourth-order valence-corrected chi connectivity index (χ4v) is 1.70. The summed E-state index contributed by atoms with van der Waals surface area (Å²) in [5, 5.41) is 19.1. The van der Waals surface area contributed by atoms with Crippen LogP contribution in [0.5, 0.6) is 0 Å². The van der Waals surface area contributed by atoms with Crippen LogP contribution in [0.4, 0.5) is 5.69 Å². The molecule has 0 aliphatic rings. The van der Waals surface area contributed by atoms with Crippen LogP contribution >= 0.6 is 0 Å². The number of hydrogen-bond donors (Lipinski definition) is 1. The molecule has 0 fully saturated rings. The first-order chi connectivity index (χ1) is 7.21. The molecule has 0 spiro atoms. The van der Waals surface area contributed by atoms with Gasteiger partial charge in [-0.15, -0.1) is 0 Å². The number of nitro groups is 1. The fourth-order valence-electron chi connectivity index (χ4n) is 1.03. The van der Waals surface area contributed by atoms with Gasteiger partial charge in [-0.05, 0) is 6.07 Å². The van der Waals surface area contributed by atoms with E-state index < -0.39 is 32.0 Å². The third-order valence-corrected chi connectivity index (χ3v) is 2.87. The van der Waals surface area contributed by atoms with Crippen LogP contribution in [0.2, 0.25) is 0 Å². The van der Waals surface area contributed by atoms with Crippen LogP contribution in [-0.2, 0) is 9.84 Å². The molecule has 0 saturated carbocycles. The van der Waals surface area contributed by atoms with Crippen LogP contribution in [0, 0.1) is 10.1 Å². The number of benzene rings is 1. The smallest absolute Gasteiger partial charge is 0.335 e. The molecule has 1 rings (SSSR count). The maximum absolute atomic E-state index is 11.2. The number of nitrogens with zero attached hydrogens (tertiary/aromatic N) is 1. The Bertz CT molecular complexity index is 530. The van der Waals surface area contributed by atoms with E-state index in [1.54, 1.807) is 0 Å². The fraction of sp³-hybridized carbons (Fsp3) is 0.125. The largest absolute Gasteiger partial charge is 0.478 e. The summed E-state index contributed by atoms with van der Waals surface area (Å²) < 4.78 is 22.3. The molecule has 0 amide bonds. The van der Waals surface area contributed by atoms with Gasteiger partial charge in [0.15, 0.2) is 9.84 Å². The summed E-state index contributed by atoms with van der Waals surface area (Å²) in [7, 11) is -3.68. The zero-order valence-electron chi connectivity index (χ0n) is 8.08. The van der Waals surface area contributed by atoms with Gasteiger partial charge in [0.2, 0.25) is 0 Å². The summed E-state index contributed by atoms with van der Waals surface area (Å²) in [6.45, 7) is 0. The molecule has 8 heteroatoms. The quantitative estimate of drug-likeness (QED) is 0.619. The van der Waals surface area contributed by atoms with Gasteiger partial charge in [-0.25, -0.2) is 13.2 Å². The molecule has 1 aromatic carbocycles. The SMILES string of the molecule is CS(=O)(=O)c1cc(C(=O)O)cc([N+](=O)[O-])c1. The van der Waals surface area contributed by atoms with E-state index in [4.69, 9.17) is 5.11 Å². The van der Waals surface area contributed by atoms with Crippen molar-refractivity contribution in [1.82, 2.24) is 0 Å². The molecule has 1 N–H and O–H groups in total. The highest BCUT2D eigenvalue weighted by Gasteiger charge is 2.18. The summed E-state index contributed by atoms with van der Waals surface area (Å²) in [4.78, 5) is 19.9. The summed E-state index contributed by atoms with van der Waals surface area (Å²) in [5.41, 5.74) is -1.00. The lowest BCUT2D eigenvalue weighted by molar-refractivity contribution is -0.385. The number of sulfone groups is 1. The lowest BCUT2D eigenvalue weighted by Crippen LogP contribution is -2.04. The Kier molecular flexibility index (Phi) is 2.95. The number of aromatic carboxylic acids is 1. The average Bonchev–Trinajstić information content (AvgIpc) is 2.15. The van der Waals surface area contributed by atoms with Crippen LogP contribution in [0.1, 0.15) is 10.4 Å². The van der Waals surface area contributed by atoms with E-state index in [9.17, 15) is 23.3 Å². The summed E-state index contributed by atoms with van der Waals surface area (Å²) in [5.74, 6) is -1.42. The monoisotopic (exact) mass is 245 g/mol. The van der Waals surface area contributed by atoms with Crippen molar-refractivity contribution in [2.75, 3.05) is 6.26 Å². The number of carboxylic acid groups (broad SMARTS) is 1. The standard InChI is InChI=1S/C8H7NO6S/c1-16(14,15)7-3-5(8(10)11)2-6(4-7)9(12)13/h2-4H,1H3,(H,10,11). The van der Waals surface area contributed by atoms with Crippen LogP contribution in [0.25, 0.3) is 0 Å². The van der Waals surface area contributed by atoms with Gasteiger partial charge in [0.1, 0.15) is 0 Å². The molecule has 0 aliphatic carbocycles. The minimum absolute atomic E-state index is 0.390. The molecular formula is C8H7NO6S. The molecule has 0 aliphatic heterocycles. The van der Waals surface area contributed by atoms with Crippen LogP contribution in [0.3, 0.4) is 0 Å². The lowest BCUT2D eigenvalue weighted by Gasteiger charge is -2.00. The number of non-ortho nitro benzene ring substituents is 1. The summed E-state index contributed by atoms with van der Waals surface area (Å²) in [6, 6.07) is 2.50. The summed E-state index contributed by atoms with van der Waals surface area (Å²) in [6.07, 6.45) is 0.845. The lowest BCUT2D eigenvalue weighted by atomic mass is 10.2. The molecule has 0 aromatic heterocycles. The Balaban J connectivity index is 3.54. The number of hydrogen-bond acceptors (Lipinski definition) is 5. The molecule has 7 nitrogen and oxygen atoms in total. The van der Waals surface area contributed by atoms with Crippen LogP contribution in [-0.4, -0.2) is 30.7 Å². The zero-order chi connectivity index (χ0) is 12.5. The van der Waals surface area contributed by atoms with Gasteiger partial charge in [0.25, 0.3) is 5.69 Å². The van der Waals surface area contributed by atoms with Crippen LogP contribution < -0.4 is 0 Å². The van der Waals surface area contributed by atoms with E-state index in [1.807, 2.05) is 0 Å². The predicted octanol–water partition coefficient (Wildman–Crippen LogP) is 0.697. The molecule has 0 atom stereocenters. The first kappa shape index (κ1) is 12.1. The van der Waals surface area contributed by atoms with E-state index in [0.717, 1.165) is 24.5 Å². The van der Waals surface area contributed by atoms with Gasteiger partial charge in [0.05, 0.1) is 15.4 Å². The van der Waals surface area contributed by atoms with Gasteiger partial charge >= 0.3 is 5.97 Å². The van der Waals surface area contributed by atoms with Crippen molar-refractivity contribution >= 4 is 21.5 Å². The van der Waals surface area contributed by atoms with E-state index >= 15 is 0 Å². The highest BCUT2D eigenvalue weighted by atomic mass is 32.2. The van der Waals surface area contributed by atoms with Crippen molar-refractivity contribution in [1.29, 1.82) is 0 Å². The Labute approximate surface area is 90.4 Å². The van der Waals surface area contributed by atoms with Crippen molar-refractivity contribution in [2.45, 2.75) is 4.90 Å². The minimum Gasteiger partial charge on any atom is -0.478 e. The molecule has 0 unspecified atom stereocenters. The van der Waals surface area contributed by atoms with Gasteiger partial charge in [-0.2, -0.15) is 0 Å². The molecule has 16 heavy (non-hydrogen) atoms. The number of carboxylic acids is 1. The maximum Gasteiger partial charge on any atom is 0.335 e. The topological polar surface area (TPSA) is 115 Å². The molecule has 0 bridgehead atoms. The van der Waals surface area contributed by atoms with Crippen molar-refractivity contribution in [3.63, 3.8) is 0 Å². The van der Waals surface area contributed by atoms with E-state index in [-0.39, 0.29) is 4.90 Å². The van der Waals surface area contributed by atoms with E-state index in [2.05, 4.69) is 0 Å². The third-order valence-electron chi connectivity index (χ3n) is 1.78. The Morgan fingerprint density at radius 2 is 1.94 bits per heavy atom. The molecule has 0 heterocycles. The highest BCUT2D eigenvalue weighted by molar-refractivity contribution is 7.90. The molecule has 0 radical (unpaired) electrons. The molecule has 86 valence electrons. The first-order valence-corrected chi connectivity index (χ1v) is 5.84. The highest BCUT2D eigenvalue weighted by Crippen LogP contribution is 2.20. The third kappa shape index (κ3) is 2.54. The Morgan fingerprint density at radius 3 is 2.31 bits per heavy atom. The van der Waals surface area contributed by atoms with Gasteiger partial charge in [-0.3, -0.25) is 10.1 Å². The minimum atomic E-state index is -3.68. The molecular weight excluding hydrogens is 238 g/mol. The Hall–Kier alpha value is -1.96. The number of rotatable bonds is 3. The van der Waals surface area contributed by atoms with E-state index in [0.29, 0.717) is 0 Å². The van der Waals surface area contributed by atoms with Gasteiger partial charge in [0, 0.05) is 18.4 Å². The second kappa shape index (κ2) is 3.89. The summed E-state index contributed by atoms with van der Waals surface area (Å²) >= 11 is 0. The van der Waals surface area contributed by atoms with Crippen molar-refractivity contribution in [3.8, 4) is 0 Å². The maximum atomic E-state index is 11.2. The van der Waals surface area contributed by atoms with Crippen molar-refractivity contribution in [3.05, 3.63) is 33.9 Å². The zero-order valence-corrected chi connectivity index (χ0v) is 8.89. The van der Waals surface area contributed by atoms with Crippen molar-refractivity contribution in [2.24, 2.45) is 0 Å². The van der Waals surface area contributed by atoms with Crippen LogP contribution in [0.15, 0.2) is 23.1 Å². The normalized spacial score (nSPS) is 11.1. The second-order valence-corrected chi connectivity index (χ2v) is 5.07. The van der Waals surface area contributed by atoms with Crippen molar-refractivity contribution < 1.29 is 23.2 Å². The molecule has 0 saturated heterocycles. The average molecular weight is 245 g/mol.